The van der Waals surface area contributed by atoms with Gasteiger partial charge in [0.05, 0.1) is 6.61 Å². The Kier molecular flexibility index (Phi) is 2.87. The van der Waals surface area contributed by atoms with E-state index in [4.69, 9.17) is 4.84 Å². The Bertz CT molecular complexity index is 377. The summed E-state index contributed by atoms with van der Waals surface area (Å²) in [5.41, 5.74) is 5.32. The van der Waals surface area contributed by atoms with Crippen LogP contribution in [0.15, 0.2) is 18.2 Å². The molecule has 15 heavy (non-hydrogen) atoms. The fourth-order valence-electron chi connectivity index (χ4n) is 1.63. The molecule has 0 radical (unpaired) electrons. The molecule has 1 amide bonds. The van der Waals surface area contributed by atoms with Gasteiger partial charge in [-0.25, -0.2) is 5.48 Å². The van der Waals surface area contributed by atoms with Gasteiger partial charge in [-0.2, -0.15) is 0 Å². The van der Waals surface area contributed by atoms with Crippen molar-refractivity contribution in [2.24, 2.45) is 0 Å². The number of carbonyl (C=O) groups excluding carboxylic acids is 1. The molecule has 0 atom stereocenters. The van der Waals surface area contributed by atoms with Gasteiger partial charge in [0.15, 0.2) is 0 Å². The number of benzene rings is 1. The maximum absolute atomic E-state index is 11.5. The summed E-state index contributed by atoms with van der Waals surface area (Å²) < 4.78 is 0. The molecule has 0 spiro atoms. The zero-order chi connectivity index (χ0) is 10.7. The van der Waals surface area contributed by atoms with Crippen molar-refractivity contribution in [1.82, 2.24) is 5.48 Å². The second-order valence-corrected chi connectivity index (χ2v) is 3.41. The van der Waals surface area contributed by atoms with Crippen LogP contribution in [0.25, 0.3) is 0 Å². The molecule has 0 saturated carbocycles. The van der Waals surface area contributed by atoms with Crippen molar-refractivity contribution in [3.05, 3.63) is 29.3 Å². The third-order valence-corrected chi connectivity index (χ3v) is 2.39. The molecule has 0 aromatic heterocycles. The average Bonchev–Trinajstić information content (AvgIpc) is 2.72. The second kappa shape index (κ2) is 4.31. The van der Waals surface area contributed by atoms with E-state index >= 15 is 0 Å². The molecular formula is C11H14N2O2. The summed E-state index contributed by atoms with van der Waals surface area (Å²) in [6.07, 6.45) is 1.03. The van der Waals surface area contributed by atoms with E-state index < -0.39 is 0 Å². The van der Waals surface area contributed by atoms with Gasteiger partial charge in [0.25, 0.3) is 5.91 Å². The van der Waals surface area contributed by atoms with E-state index in [2.05, 4.69) is 10.8 Å². The predicted molar refractivity (Wildman–Crippen MR) is 57.7 cm³/mol. The number of amides is 1. The van der Waals surface area contributed by atoms with Crippen LogP contribution in [0.4, 0.5) is 5.69 Å². The minimum Gasteiger partial charge on any atom is -0.384 e. The molecular weight excluding hydrogens is 192 g/mol. The van der Waals surface area contributed by atoms with Gasteiger partial charge in [-0.15, -0.1) is 0 Å². The van der Waals surface area contributed by atoms with Crippen LogP contribution in [0.5, 0.6) is 0 Å². The maximum atomic E-state index is 11.5. The van der Waals surface area contributed by atoms with Crippen molar-refractivity contribution < 1.29 is 9.63 Å². The van der Waals surface area contributed by atoms with E-state index in [1.165, 1.54) is 5.56 Å². The molecule has 1 heterocycles. The Hall–Kier alpha value is -1.55. The topological polar surface area (TPSA) is 50.4 Å². The first kappa shape index (κ1) is 9.98. The smallest absolute Gasteiger partial charge is 0.274 e. The summed E-state index contributed by atoms with van der Waals surface area (Å²) in [5, 5.41) is 3.23. The van der Waals surface area contributed by atoms with Gasteiger partial charge in [0.1, 0.15) is 0 Å². The average molecular weight is 206 g/mol. The molecule has 0 bridgehead atoms. The molecule has 1 aromatic rings. The molecule has 1 aliphatic rings. The van der Waals surface area contributed by atoms with Crippen molar-refractivity contribution in [3.63, 3.8) is 0 Å². The van der Waals surface area contributed by atoms with Crippen LogP contribution in [0, 0.1) is 0 Å². The second-order valence-electron chi connectivity index (χ2n) is 3.41. The van der Waals surface area contributed by atoms with E-state index in [1.807, 2.05) is 25.1 Å². The fourth-order valence-corrected chi connectivity index (χ4v) is 1.63. The van der Waals surface area contributed by atoms with Crippen LogP contribution in [0.2, 0.25) is 0 Å². The maximum Gasteiger partial charge on any atom is 0.274 e. The van der Waals surface area contributed by atoms with Gasteiger partial charge in [-0.05, 0) is 31.0 Å². The lowest BCUT2D eigenvalue weighted by Crippen LogP contribution is -2.23. The molecule has 2 rings (SSSR count). The highest BCUT2D eigenvalue weighted by atomic mass is 16.6. The quantitative estimate of drug-likeness (QED) is 0.734. The molecule has 0 saturated heterocycles. The van der Waals surface area contributed by atoms with E-state index in [1.54, 1.807) is 0 Å². The lowest BCUT2D eigenvalue weighted by molar-refractivity contribution is 0.0364. The SMILES string of the molecule is CCONC(=O)c1ccc2c(c1)NCC2. The highest BCUT2D eigenvalue weighted by Gasteiger charge is 2.13. The number of nitrogens with one attached hydrogen (secondary N) is 2. The highest BCUT2D eigenvalue weighted by Crippen LogP contribution is 2.22. The Morgan fingerprint density at radius 1 is 1.60 bits per heavy atom. The molecule has 0 unspecified atom stereocenters. The lowest BCUT2D eigenvalue weighted by Gasteiger charge is -2.05. The largest absolute Gasteiger partial charge is 0.384 e. The third kappa shape index (κ3) is 2.10. The van der Waals surface area contributed by atoms with Gasteiger partial charge >= 0.3 is 0 Å². The molecule has 4 heteroatoms. The van der Waals surface area contributed by atoms with Crippen LogP contribution >= 0.6 is 0 Å². The summed E-state index contributed by atoms with van der Waals surface area (Å²) in [6.45, 7) is 3.24. The number of rotatable bonds is 3. The van der Waals surface area contributed by atoms with Gasteiger partial charge in [-0.1, -0.05) is 6.07 Å². The molecule has 80 valence electrons. The van der Waals surface area contributed by atoms with Gasteiger partial charge in [-0.3, -0.25) is 9.63 Å². The highest BCUT2D eigenvalue weighted by molar-refractivity contribution is 5.94. The third-order valence-electron chi connectivity index (χ3n) is 2.39. The number of anilines is 1. The van der Waals surface area contributed by atoms with Crippen LogP contribution in [0.3, 0.4) is 0 Å². The van der Waals surface area contributed by atoms with Crippen LogP contribution in [-0.4, -0.2) is 19.1 Å². The number of carbonyl (C=O) groups is 1. The normalized spacial score (nSPS) is 13.1. The van der Waals surface area contributed by atoms with Crippen molar-refractivity contribution in [3.8, 4) is 0 Å². The minimum atomic E-state index is -0.201. The molecule has 1 aromatic carbocycles. The number of hydrogen-bond donors (Lipinski definition) is 2. The summed E-state index contributed by atoms with van der Waals surface area (Å²) in [7, 11) is 0. The summed E-state index contributed by atoms with van der Waals surface area (Å²) in [6, 6.07) is 5.66. The standard InChI is InChI=1S/C11H14N2O2/c1-2-15-13-11(14)9-4-3-8-5-6-12-10(8)7-9/h3-4,7,12H,2,5-6H2,1H3,(H,13,14). The van der Waals surface area contributed by atoms with Crippen LogP contribution < -0.4 is 10.8 Å². The van der Waals surface area contributed by atoms with Crippen LogP contribution in [0.1, 0.15) is 22.8 Å². The lowest BCUT2D eigenvalue weighted by atomic mass is 10.1. The Morgan fingerprint density at radius 2 is 2.47 bits per heavy atom. The molecule has 2 N–H and O–H groups in total. The number of hydroxylamine groups is 1. The zero-order valence-electron chi connectivity index (χ0n) is 8.67. The first-order valence-corrected chi connectivity index (χ1v) is 5.10. The Labute approximate surface area is 88.6 Å². The van der Waals surface area contributed by atoms with Crippen molar-refractivity contribution in [2.45, 2.75) is 13.3 Å². The van der Waals surface area contributed by atoms with E-state index in [-0.39, 0.29) is 5.91 Å². The minimum absolute atomic E-state index is 0.201. The molecule has 0 fully saturated rings. The van der Waals surface area contributed by atoms with Crippen molar-refractivity contribution >= 4 is 11.6 Å². The fraction of sp³-hybridized carbons (Fsp3) is 0.364. The van der Waals surface area contributed by atoms with E-state index in [9.17, 15) is 4.79 Å². The predicted octanol–water partition coefficient (Wildman–Crippen LogP) is 1.34. The zero-order valence-corrected chi connectivity index (χ0v) is 8.67. The monoisotopic (exact) mass is 206 g/mol. The van der Waals surface area contributed by atoms with Gasteiger partial charge in [0.2, 0.25) is 0 Å². The Morgan fingerprint density at radius 3 is 3.27 bits per heavy atom. The van der Waals surface area contributed by atoms with Gasteiger partial charge < -0.3 is 5.32 Å². The Balaban J connectivity index is 2.12. The molecule has 4 nitrogen and oxygen atoms in total. The van der Waals surface area contributed by atoms with Crippen molar-refractivity contribution in [1.29, 1.82) is 0 Å². The van der Waals surface area contributed by atoms with E-state index in [0.717, 1.165) is 18.7 Å². The van der Waals surface area contributed by atoms with Crippen LogP contribution in [-0.2, 0) is 11.3 Å². The summed E-state index contributed by atoms with van der Waals surface area (Å²) in [4.78, 5) is 16.4. The summed E-state index contributed by atoms with van der Waals surface area (Å²) >= 11 is 0. The first-order chi connectivity index (χ1) is 7.31. The number of fused-ring (bicyclic) bond motifs is 1. The van der Waals surface area contributed by atoms with E-state index in [0.29, 0.717) is 12.2 Å². The first-order valence-electron chi connectivity index (χ1n) is 5.10. The molecule has 0 aliphatic carbocycles. The summed E-state index contributed by atoms with van der Waals surface area (Å²) in [5.74, 6) is -0.201. The van der Waals surface area contributed by atoms with Crippen molar-refractivity contribution in [2.75, 3.05) is 18.5 Å². The molecule has 1 aliphatic heterocycles. The number of hydrogen-bond acceptors (Lipinski definition) is 3. The van der Waals surface area contributed by atoms with Gasteiger partial charge in [0, 0.05) is 17.8 Å².